The highest BCUT2D eigenvalue weighted by Gasteiger charge is 2.30. The van der Waals surface area contributed by atoms with E-state index in [9.17, 15) is 9.59 Å². The van der Waals surface area contributed by atoms with E-state index in [0.29, 0.717) is 38.5 Å². The summed E-state index contributed by atoms with van der Waals surface area (Å²) in [7, 11) is 0. The Labute approximate surface area is 149 Å². The van der Waals surface area contributed by atoms with Crippen molar-refractivity contribution in [3.8, 4) is 0 Å². The number of fused-ring (bicyclic) bond motifs is 1. The fraction of sp³-hybridized carbons (Fsp3) is 0.632. The minimum Gasteiger partial charge on any atom is -0.444 e. The molecule has 0 N–H and O–H groups in total. The Balaban J connectivity index is 1.45. The molecule has 3 heterocycles. The number of carbonyl (C=O) groups is 2. The normalized spacial score (nSPS) is 18.2. The molecule has 3 rings (SSSR count). The first-order valence-electron chi connectivity index (χ1n) is 9.00. The first-order chi connectivity index (χ1) is 11.8. The molecular formula is C19H27N3O3. The number of ether oxygens (including phenoxy) is 1. The zero-order valence-corrected chi connectivity index (χ0v) is 15.3. The van der Waals surface area contributed by atoms with Crippen LogP contribution < -0.4 is 0 Å². The van der Waals surface area contributed by atoms with E-state index in [1.165, 1.54) is 0 Å². The summed E-state index contributed by atoms with van der Waals surface area (Å²) in [5, 5.41) is 0. The van der Waals surface area contributed by atoms with Crippen molar-refractivity contribution >= 4 is 12.0 Å². The Morgan fingerprint density at radius 2 is 1.92 bits per heavy atom. The van der Waals surface area contributed by atoms with Crippen LogP contribution in [0, 0.1) is 5.92 Å². The van der Waals surface area contributed by atoms with Gasteiger partial charge in [-0.1, -0.05) is 6.07 Å². The zero-order valence-electron chi connectivity index (χ0n) is 15.3. The van der Waals surface area contributed by atoms with Crippen LogP contribution >= 0.6 is 0 Å². The Kier molecular flexibility index (Phi) is 4.97. The minimum atomic E-state index is -0.470. The lowest BCUT2D eigenvalue weighted by Gasteiger charge is -2.33. The summed E-state index contributed by atoms with van der Waals surface area (Å²) < 4.78 is 5.42. The Hall–Kier alpha value is -2.11. The molecule has 0 radical (unpaired) electrons. The molecule has 0 unspecified atom stereocenters. The second-order valence-corrected chi connectivity index (χ2v) is 7.97. The number of aromatic nitrogens is 1. The number of piperidine rings is 1. The van der Waals surface area contributed by atoms with Gasteiger partial charge in [0.15, 0.2) is 0 Å². The minimum absolute atomic E-state index is 0.189. The van der Waals surface area contributed by atoms with E-state index in [0.717, 1.165) is 24.1 Å². The summed E-state index contributed by atoms with van der Waals surface area (Å²) in [5.74, 6) is 0.525. The zero-order chi connectivity index (χ0) is 18.0. The van der Waals surface area contributed by atoms with Gasteiger partial charge in [0.05, 0.1) is 12.2 Å². The SMILES string of the molecule is CC(C)(C)OC(=O)N1CCC(CC(=O)N2Cc3cccnc3C2)CC1. The summed E-state index contributed by atoms with van der Waals surface area (Å²) in [4.78, 5) is 32.7. The van der Waals surface area contributed by atoms with Crippen molar-refractivity contribution in [1.29, 1.82) is 0 Å². The van der Waals surface area contributed by atoms with Crippen molar-refractivity contribution in [2.45, 2.75) is 58.7 Å². The van der Waals surface area contributed by atoms with Gasteiger partial charge >= 0.3 is 6.09 Å². The average Bonchev–Trinajstić information content (AvgIpc) is 2.98. The smallest absolute Gasteiger partial charge is 0.410 e. The Morgan fingerprint density at radius 1 is 1.20 bits per heavy atom. The van der Waals surface area contributed by atoms with E-state index in [2.05, 4.69) is 4.98 Å². The maximum atomic E-state index is 12.6. The third-order valence-electron chi connectivity index (χ3n) is 4.77. The van der Waals surface area contributed by atoms with Gasteiger partial charge in [0.2, 0.25) is 5.91 Å². The van der Waals surface area contributed by atoms with Gasteiger partial charge < -0.3 is 14.5 Å². The van der Waals surface area contributed by atoms with Gasteiger partial charge in [-0.15, -0.1) is 0 Å². The van der Waals surface area contributed by atoms with Crippen LogP contribution in [0.25, 0.3) is 0 Å². The first-order valence-corrected chi connectivity index (χ1v) is 9.00. The Morgan fingerprint density at radius 3 is 2.56 bits per heavy atom. The molecule has 1 fully saturated rings. The topological polar surface area (TPSA) is 62.7 Å². The number of nitrogens with zero attached hydrogens (tertiary/aromatic N) is 3. The maximum absolute atomic E-state index is 12.6. The molecule has 6 nitrogen and oxygen atoms in total. The van der Waals surface area contributed by atoms with Gasteiger partial charge in [-0.3, -0.25) is 9.78 Å². The number of carbonyl (C=O) groups excluding carboxylic acids is 2. The third-order valence-corrected chi connectivity index (χ3v) is 4.77. The highest BCUT2D eigenvalue weighted by molar-refractivity contribution is 5.77. The molecule has 0 saturated carbocycles. The number of hydrogen-bond acceptors (Lipinski definition) is 4. The van der Waals surface area contributed by atoms with Crippen LogP contribution in [-0.2, 0) is 22.6 Å². The molecule has 0 aromatic carbocycles. The van der Waals surface area contributed by atoms with Gasteiger partial charge in [-0.05, 0) is 51.2 Å². The second kappa shape index (κ2) is 7.02. The van der Waals surface area contributed by atoms with Crippen LogP contribution in [0.2, 0.25) is 0 Å². The van der Waals surface area contributed by atoms with Gasteiger partial charge in [0, 0.05) is 32.3 Å². The van der Waals surface area contributed by atoms with E-state index in [1.54, 1.807) is 11.1 Å². The summed E-state index contributed by atoms with van der Waals surface area (Å²) in [5.41, 5.74) is 1.69. The van der Waals surface area contributed by atoms with E-state index in [1.807, 2.05) is 37.8 Å². The van der Waals surface area contributed by atoms with Crippen molar-refractivity contribution < 1.29 is 14.3 Å². The maximum Gasteiger partial charge on any atom is 0.410 e. The molecule has 0 atom stereocenters. The van der Waals surface area contributed by atoms with Gasteiger partial charge in [-0.2, -0.15) is 0 Å². The van der Waals surface area contributed by atoms with Crippen LogP contribution in [0.5, 0.6) is 0 Å². The van der Waals surface area contributed by atoms with Gasteiger partial charge in [0.1, 0.15) is 5.60 Å². The molecule has 2 aliphatic rings. The summed E-state index contributed by atoms with van der Waals surface area (Å²) in [6.07, 6.45) is 3.78. The molecule has 6 heteroatoms. The molecule has 0 aliphatic carbocycles. The van der Waals surface area contributed by atoms with E-state index >= 15 is 0 Å². The van der Waals surface area contributed by atoms with E-state index in [-0.39, 0.29) is 12.0 Å². The molecule has 1 saturated heterocycles. The lowest BCUT2D eigenvalue weighted by atomic mass is 9.93. The van der Waals surface area contributed by atoms with E-state index < -0.39 is 5.60 Å². The lowest BCUT2D eigenvalue weighted by molar-refractivity contribution is -0.133. The largest absolute Gasteiger partial charge is 0.444 e. The first kappa shape index (κ1) is 17.7. The molecule has 136 valence electrons. The van der Waals surface area contributed by atoms with Crippen molar-refractivity contribution in [3.63, 3.8) is 0 Å². The number of pyridine rings is 1. The second-order valence-electron chi connectivity index (χ2n) is 7.97. The monoisotopic (exact) mass is 345 g/mol. The molecule has 0 spiro atoms. The molecule has 2 aliphatic heterocycles. The number of rotatable bonds is 2. The summed E-state index contributed by atoms with van der Waals surface area (Å²) in [6, 6.07) is 3.95. The molecule has 1 aromatic heterocycles. The van der Waals surface area contributed by atoms with Crippen molar-refractivity contribution in [2.75, 3.05) is 13.1 Å². The fourth-order valence-electron chi connectivity index (χ4n) is 3.40. The fourth-order valence-corrected chi connectivity index (χ4v) is 3.40. The van der Waals surface area contributed by atoms with Crippen LogP contribution in [0.1, 0.15) is 51.3 Å². The average molecular weight is 345 g/mol. The van der Waals surface area contributed by atoms with Gasteiger partial charge in [0.25, 0.3) is 0 Å². The standard InChI is InChI=1S/C19H27N3O3/c1-19(2,3)25-18(24)21-9-6-14(7-10-21)11-17(23)22-12-15-5-4-8-20-16(15)13-22/h4-5,8,14H,6-7,9-13H2,1-3H3. The molecule has 2 amide bonds. The summed E-state index contributed by atoms with van der Waals surface area (Å²) in [6.45, 7) is 8.23. The molecular weight excluding hydrogens is 318 g/mol. The number of likely N-dealkylation sites (tertiary alicyclic amines) is 1. The van der Waals surface area contributed by atoms with Crippen molar-refractivity contribution in [3.05, 3.63) is 29.6 Å². The highest BCUT2D eigenvalue weighted by Crippen LogP contribution is 2.26. The molecule has 0 bridgehead atoms. The van der Waals surface area contributed by atoms with Crippen LogP contribution in [0.4, 0.5) is 4.79 Å². The quantitative estimate of drug-likeness (QED) is 0.827. The van der Waals surface area contributed by atoms with Crippen LogP contribution in [0.15, 0.2) is 18.3 Å². The van der Waals surface area contributed by atoms with Crippen LogP contribution in [0.3, 0.4) is 0 Å². The highest BCUT2D eigenvalue weighted by atomic mass is 16.6. The molecule has 1 aromatic rings. The predicted octanol–water partition coefficient (Wildman–Crippen LogP) is 2.96. The van der Waals surface area contributed by atoms with Gasteiger partial charge in [-0.25, -0.2) is 4.79 Å². The lowest BCUT2D eigenvalue weighted by Crippen LogP contribution is -2.42. The Bertz CT molecular complexity index is 621. The number of hydrogen-bond donors (Lipinski definition) is 0. The number of amides is 2. The van der Waals surface area contributed by atoms with Crippen molar-refractivity contribution in [1.82, 2.24) is 14.8 Å². The van der Waals surface area contributed by atoms with E-state index in [4.69, 9.17) is 4.74 Å². The summed E-state index contributed by atoms with van der Waals surface area (Å²) >= 11 is 0. The third kappa shape index (κ3) is 4.50. The molecule has 25 heavy (non-hydrogen) atoms. The van der Waals surface area contributed by atoms with Crippen LogP contribution in [-0.4, -0.2) is 45.5 Å². The predicted molar refractivity (Wildman–Crippen MR) is 93.6 cm³/mol. The van der Waals surface area contributed by atoms with Crippen molar-refractivity contribution in [2.24, 2.45) is 5.92 Å².